The molecule has 0 bridgehead atoms. The number of fused-ring (bicyclic) bond motifs is 12. The average Bonchev–Trinajstić information content (AvgIpc) is 3.77. The third kappa shape index (κ3) is 4.88. The lowest BCUT2D eigenvalue weighted by molar-refractivity contribution is 0.436. The minimum absolute atomic E-state index is 0.605. The van der Waals surface area contributed by atoms with Crippen molar-refractivity contribution in [3.8, 4) is 62.5 Å². The van der Waals surface area contributed by atoms with E-state index in [4.69, 9.17) is 19.7 Å². The van der Waals surface area contributed by atoms with Crippen LogP contribution < -0.4 is 4.74 Å². The molecule has 1 spiro atoms. The van der Waals surface area contributed by atoms with Gasteiger partial charge < -0.3 is 9.30 Å². The fourth-order valence-corrected chi connectivity index (χ4v) is 9.81. The number of para-hydroxylation sites is 3. The summed E-state index contributed by atoms with van der Waals surface area (Å²) >= 11 is 0. The van der Waals surface area contributed by atoms with Gasteiger partial charge in [-0.2, -0.15) is 0 Å². The van der Waals surface area contributed by atoms with Crippen LogP contribution >= 0.6 is 0 Å². The Morgan fingerprint density at radius 1 is 0.424 bits per heavy atom. The van der Waals surface area contributed by atoms with Crippen molar-refractivity contribution in [2.24, 2.45) is 0 Å². The summed E-state index contributed by atoms with van der Waals surface area (Å²) < 4.78 is 9.03. The van der Waals surface area contributed by atoms with Crippen molar-refractivity contribution in [2.45, 2.75) is 19.3 Å². The zero-order valence-electron chi connectivity index (χ0n) is 32.5. The number of aromatic nitrogens is 4. The first kappa shape index (κ1) is 33.5. The molecule has 2 aromatic heterocycles. The van der Waals surface area contributed by atoms with Crippen molar-refractivity contribution in [3.63, 3.8) is 0 Å². The zero-order chi connectivity index (χ0) is 39.2. The second-order valence-electron chi connectivity index (χ2n) is 15.7. The molecule has 0 radical (unpaired) electrons. The molecule has 10 aromatic rings. The van der Waals surface area contributed by atoms with Gasteiger partial charge in [0.1, 0.15) is 11.5 Å². The average molecular weight is 757 g/mol. The number of ether oxygens (including phenoxy) is 1. The maximum atomic E-state index is 6.68. The number of hydrogen-bond acceptors (Lipinski definition) is 4. The summed E-state index contributed by atoms with van der Waals surface area (Å²) in [5.41, 5.74) is 14.8. The van der Waals surface area contributed by atoms with Crippen LogP contribution in [0.25, 0.3) is 72.8 Å². The molecule has 8 aromatic carbocycles. The molecular formula is C54H36N4O. The topological polar surface area (TPSA) is 52.8 Å². The van der Waals surface area contributed by atoms with E-state index < -0.39 is 5.41 Å². The van der Waals surface area contributed by atoms with Gasteiger partial charge in [-0.25, -0.2) is 15.0 Å². The van der Waals surface area contributed by atoms with E-state index in [0.717, 1.165) is 78.3 Å². The van der Waals surface area contributed by atoms with Gasteiger partial charge in [0.25, 0.3) is 0 Å². The van der Waals surface area contributed by atoms with Crippen LogP contribution in [-0.4, -0.2) is 19.5 Å². The Hall–Kier alpha value is -7.63. The van der Waals surface area contributed by atoms with E-state index in [1.807, 2.05) is 18.2 Å². The van der Waals surface area contributed by atoms with Crippen molar-refractivity contribution in [2.75, 3.05) is 0 Å². The molecule has 1 atom stereocenters. The fourth-order valence-electron chi connectivity index (χ4n) is 9.81. The second-order valence-corrected chi connectivity index (χ2v) is 15.7. The Morgan fingerprint density at radius 2 is 1.03 bits per heavy atom. The Kier molecular flexibility index (Phi) is 7.20. The van der Waals surface area contributed by atoms with E-state index in [-0.39, 0.29) is 0 Å². The third-order valence-electron chi connectivity index (χ3n) is 12.2. The quantitative estimate of drug-likeness (QED) is 0.179. The van der Waals surface area contributed by atoms with E-state index in [1.54, 1.807) is 0 Å². The summed E-state index contributed by atoms with van der Waals surface area (Å²) in [6.07, 6.45) is 0. The van der Waals surface area contributed by atoms with Gasteiger partial charge in [0.05, 0.1) is 16.4 Å². The van der Waals surface area contributed by atoms with Gasteiger partial charge in [-0.15, -0.1) is 0 Å². The summed E-state index contributed by atoms with van der Waals surface area (Å²) in [6.45, 7) is 4.26. The lowest BCUT2D eigenvalue weighted by Crippen LogP contribution is -2.32. The Balaban J connectivity index is 1.12. The normalized spacial score (nSPS) is 14.8. The number of benzene rings is 8. The largest absolute Gasteiger partial charge is 0.457 e. The Labute approximate surface area is 341 Å². The van der Waals surface area contributed by atoms with Gasteiger partial charge in [0, 0.05) is 44.3 Å². The number of hydrogen-bond donors (Lipinski definition) is 0. The van der Waals surface area contributed by atoms with Crippen LogP contribution in [0.3, 0.4) is 0 Å². The van der Waals surface area contributed by atoms with Crippen LogP contribution in [0.5, 0.6) is 11.5 Å². The zero-order valence-corrected chi connectivity index (χ0v) is 32.5. The summed E-state index contributed by atoms with van der Waals surface area (Å²) in [7, 11) is 0. The van der Waals surface area contributed by atoms with Crippen molar-refractivity contribution >= 4 is 21.8 Å². The molecule has 0 amide bonds. The Morgan fingerprint density at radius 3 is 1.83 bits per heavy atom. The third-order valence-corrected chi connectivity index (χ3v) is 12.2. The minimum Gasteiger partial charge on any atom is -0.457 e. The highest BCUT2D eigenvalue weighted by Crippen LogP contribution is 2.63. The van der Waals surface area contributed by atoms with Gasteiger partial charge in [0.15, 0.2) is 17.5 Å². The van der Waals surface area contributed by atoms with E-state index in [1.165, 1.54) is 21.9 Å². The Bertz CT molecular complexity index is 3290. The first-order valence-electron chi connectivity index (χ1n) is 20.1. The first-order chi connectivity index (χ1) is 29.1. The molecule has 1 unspecified atom stereocenters. The molecule has 5 nitrogen and oxygen atoms in total. The molecule has 1 aliphatic carbocycles. The van der Waals surface area contributed by atoms with Crippen LogP contribution in [0.15, 0.2) is 182 Å². The summed E-state index contributed by atoms with van der Waals surface area (Å²) in [4.78, 5) is 16.0. The van der Waals surface area contributed by atoms with Crippen LogP contribution in [0.2, 0.25) is 0 Å². The first-order valence-corrected chi connectivity index (χ1v) is 20.1. The highest BCUT2D eigenvalue weighted by atomic mass is 16.5. The molecule has 12 rings (SSSR count). The fraction of sp³-hybridized carbons (Fsp3) is 0.0556. The van der Waals surface area contributed by atoms with Crippen molar-refractivity contribution in [1.82, 2.24) is 19.5 Å². The number of aryl methyl sites for hydroxylation is 2. The highest BCUT2D eigenvalue weighted by Gasteiger charge is 2.51. The maximum absolute atomic E-state index is 6.68. The van der Waals surface area contributed by atoms with Gasteiger partial charge in [-0.3, -0.25) is 0 Å². The standard InChI is InChI=1S/C54H36N4O/c1-33-27-28-44-49(31-33)59-48-26-13-10-22-43(48)54(44)42-21-9-6-19-40(42)50-41(20-14-23-45(50)54)53-56-51(35-15-4-3-5-16-35)55-52(57-53)36-29-34(2)30-37(32-36)58-46-24-11-7-17-38(46)39-18-8-12-25-47(39)58/h3-32H,1-2H3. The lowest BCUT2D eigenvalue weighted by Gasteiger charge is -2.39. The molecule has 0 fully saturated rings. The van der Waals surface area contributed by atoms with Crippen LogP contribution in [0.4, 0.5) is 0 Å². The molecule has 278 valence electrons. The molecule has 0 saturated heterocycles. The van der Waals surface area contributed by atoms with E-state index in [2.05, 4.69) is 182 Å². The lowest BCUT2D eigenvalue weighted by atomic mass is 9.66. The smallest absolute Gasteiger partial charge is 0.164 e. The van der Waals surface area contributed by atoms with Crippen LogP contribution in [0.1, 0.15) is 33.4 Å². The van der Waals surface area contributed by atoms with Gasteiger partial charge in [-0.05, 0) is 89.7 Å². The van der Waals surface area contributed by atoms with E-state index >= 15 is 0 Å². The van der Waals surface area contributed by atoms with Crippen molar-refractivity contribution in [1.29, 1.82) is 0 Å². The highest BCUT2D eigenvalue weighted by molar-refractivity contribution is 6.09. The summed E-state index contributed by atoms with van der Waals surface area (Å²) in [6, 6.07) is 64.6. The molecule has 0 saturated carbocycles. The van der Waals surface area contributed by atoms with Crippen LogP contribution in [-0.2, 0) is 5.41 Å². The minimum atomic E-state index is -0.605. The molecule has 59 heavy (non-hydrogen) atoms. The molecule has 1 aliphatic heterocycles. The molecule has 3 heterocycles. The van der Waals surface area contributed by atoms with Crippen LogP contribution in [0, 0.1) is 13.8 Å². The number of rotatable bonds is 4. The number of nitrogens with zero attached hydrogens (tertiary/aromatic N) is 4. The van der Waals surface area contributed by atoms with E-state index in [9.17, 15) is 0 Å². The predicted molar refractivity (Wildman–Crippen MR) is 237 cm³/mol. The van der Waals surface area contributed by atoms with Crippen molar-refractivity contribution in [3.05, 3.63) is 215 Å². The molecule has 2 aliphatic rings. The molecule has 5 heteroatoms. The van der Waals surface area contributed by atoms with Crippen molar-refractivity contribution < 1.29 is 4.74 Å². The second kappa shape index (κ2) is 12.7. The maximum Gasteiger partial charge on any atom is 0.164 e. The summed E-state index contributed by atoms with van der Waals surface area (Å²) in [5, 5.41) is 2.45. The molecular weight excluding hydrogens is 721 g/mol. The molecule has 0 N–H and O–H groups in total. The van der Waals surface area contributed by atoms with Gasteiger partial charge >= 0.3 is 0 Å². The van der Waals surface area contributed by atoms with Gasteiger partial charge in [0.2, 0.25) is 0 Å². The monoisotopic (exact) mass is 756 g/mol. The predicted octanol–water partition coefficient (Wildman–Crippen LogP) is 13.1. The SMILES string of the molecule is Cc1cc(-c2nc(-c3ccccc3)nc(-c3cccc4c3-c3ccccc3C43c4ccccc4Oc4cc(C)ccc43)n2)cc(-n2c3ccccc3c3ccccc32)c1. The van der Waals surface area contributed by atoms with E-state index in [0.29, 0.717) is 17.5 Å². The van der Waals surface area contributed by atoms with Gasteiger partial charge in [-0.1, -0.05) is 140 Å². The summed E-state index contributed by atoms with van der Waals surface area (Å²) in [5.74, 6) is 3.62.